The highest BCUT2D eigenvalue weighted by molar-refractivity contribution is 9.10. The summed E-state index contributed by atoms with van der Waals surface area (Å²) in [5.74, 6) is 1.79. The van der Waals surface area contributed by atoms with Crippen LogP contribution in [0.15, 0.2) is 22.7 Å². The molecular formula is C16H24BrNO. The van der Waals surface area contributed by atoms with Gasteiger partial charge in [-0.05, 0) is 72.3 Å². The maximum absolute atomic E-state index is 5.27. The van der Waals surface area contributed by atoms with Crippen LogP contribution in [0.2, 0.25) is 0 Å². The standard InChI is InChI=1S/C16H24BrNO/c1-18-15(13-5-3-4-6-13)9-7-12-8-10-16(19-2)14(17)11-12/h8,10-11,13,15,18H,3-7,9H2,1-2H3. The summed E-state index contributed by atoms with van der Waals surface area (Å²) in [4.78, 5) is 0. The second-order valence-electron chi connectivity index (χ2n) is 5.45. The van der Waals surface area contributed by atoms with Gasteiger partial charge in [0.1, 0.15) is 5.75 Å². The minimum Gasteiger partial charge on any atom is -0.496 e. The van der Waals surface area contributed by atoms with Crippen LogP contribution >= 0.6 is 15.9 Å². The zero-order valence-corrected chi connectivity index (χ0v) is 13.5. The minimum absolute atomic E-state index is 0.670. The largest absolute Gasteiger partial charge is 0.496 e. The molecule has 1 aliphatic carbocycles. The Hall–Kier alpha value is -0.540. The molecular weight excluding hydrogens is 302 g/mol. The number of rotatable bonds is 6. The topological polar surface area (TPSA) is 21.3 Å². The fourth-order valence-electron chi connectivity index (χ4n) is 3.16. The molecule has 1 aromatic rings. The van der Waals surface area contributed by atoms with Gasteiger partial charge >= 0.3 is 0 Å². The summed E-state index contributed by atoms with van der Waals surface area (Å²) < 4.78 is 6.32. The Bertz CT molecular complexity index is 402. The Labute approximate surface area is 125 Å². The number of benzene rings is 1. The third kappa shape index (κ3) is 3.96. The van der Waals surface area contributed by atoms with E-state index < -0.39 is 0 Å². The molecule has 0 aliphatic heterocycles. The van der Waals surface area contributed by atoms with Crippen LogP contribution in [-0.2, 0) is 6.42 Å². The van der Waals surface area contributed by atoms with Gasteiger partial charge in [0.2, 0.25) is 0 Å². The molecule has 2 rings (SSSR count). The Morgan fingerprint density at radius 3 is 2.68 bits per heavy atom. The molecule has 1 fully saturated rings. The van der Waals surface area contributed by atoms with Crippen molar-refractivity contribution >= 4 is 15.9 Å². The fourth-order valence-corrected chi connectivity index (χ4v) is 3.75. The van der Waals surface area contributed by atoms with Gasteiger partial charge in [-0.25, -0.2) is 0 Å². The summed E-state index contributed by atoms with van der Waals surface area (Å²) in [6.45, 7) is 0. The molecule has 1 atom stereocenters. The summed E-state index contributed by atoms with van der Waals surface area (Å²) in [7, 11) is 3.81. The minimum atomic E-state index is 0.670. The number of aryl methyl sites for hydroxylation is 1. The van der Waals surface area contributed by atoms with E-state index in [1.165, 1.54) is 37.7 Å². The van der Waals surface area contributed by atoms with Crippen LogP contribution in [-0.4, -0.2) is 20.2 Å². The van der Waals surface area contributed by atoms with E-state index in [1.54, 1.807) is 7.11 Å². The average molecular weight is 326 g/mol. The van der Waals surface area contributed by atoms with E-state index in [1.807, 2.05) is 6.07 Å². The zero-order valence-electron chi connectivity index (χ0n) is 11.9. The number of hydrogen-bond donors (Lipinski definition) is 1. The molecule has 19 heavy (non-hydrogen) atoms. The van der Waals surface area contributed by atoms with Crippen molar-refractivity contribution in [2.75, 3.05) is 14.2 Å². The number of halogens is 1. The van der Waals surface area contributed by atoms with E-state index in [-0.39, 0.29) is 0 Å². The highest BCUT2D eigenvalue weighted by atomic mass is 79.9. The Kier molecular flexibility index (Phi) is 5.71. The summed E-state index contributed by atoms with van der Waals surface area (Å²) in [6, 6.07) is 7.07. The monoisotopic (exact) mass is 325 g/mol. The molecule has 2 nitrogen and oxygen atoms in total. The van der Waals surface area contributed by atoms with Crippen LogP contribution in [0.5, 0.6) is 5.75 Å². The summed E-state index contributed by atoms with van der Waals surface area (Å²) in [6.07, 6.45) is 7.98. The molecule has 0 bridgehead atoms. The summed E-state index contributed by atoms with van der Waals surface area (Å²) in [5, 5.41) is 3.51. The van der Waals surface area contributed by atoms with Crippen molar-refractivity contribution in [1.82, 2.24) is 5.32 Å². The molecule has 0 aromatic heterocycles. The van der Waals surface area contributed by atoms with E-state index in [4.69, 9.17) is 4.74 Å². The Morgan fingerprint density at radius 1 is 1.37 bits per heavy atom. The molecule has 1 aromatic carbocycles. The molecule has 0 saturated heterocycles. The van der Waals surface area contributed by atoms with Crippen molar-refractivity contribution in [3.8, 4) is 5.75 Å². The normalized spacial score (nSPS) is 17.6. The third-order valence-electron chi connectivity index (χ3n) is 4.30. The van der Waals surface area contributed by atoms with E-state index in [0.29, 0.717) is 6.04 Å². The lowest BCUT2D eigenvalue weighted by molar-refractivity contribution is 0.360. The smallest absolute Gasteiger partial charge is 0.133 e. The molecule has 0 heterocycles. The van der Waals surface area contributed by atoms with Crippen molar-refractivity contribution in [3.63, 3.8) is 0 Å². The van der Waals surface area contributed by atoms with E-state index in [0.717, 1.165) is 22.6 Å². The van der Waals surface area contributed by atoms with Gasteiger partial charge in [-0.3, -0.25) is 0 Å². The van der Waals surface area contributed by atoms with E-state index in [2.05, 4.69) is 40.4 Å². The van der Waals surface area contributed by atoms with Crippen LogP contribution in [0.4, 0.5) is 0 Å². The number of ether oxygens (including phenoxy) is 1. The predicted molar refractivity (Wildman–Crippen MR) is 83.8 cm³/mol. The molecule has 0 spiro atoms. The lowest BCUT2D eigenvalue weighted by Crippen LogP contribution is -2.32. The van der Waals surface area contributed by atoms with Crippen LogP contribution in [0.25, 0.3) is 0 Å². The van der Waals surface area contributed by atoms with Gasteiger partial charge in [0, 0.05) is 6.04 Å². The molecule has 3 heteroatoms. The van der Waals surface area contributed by atoms with Gasteiger partial charge in [-0.2, -0.15) is 0 Å². The molecule has 1 unspecified atom stereocenters. The fraction of sp³-hybridized carbons (Fsp3) is 0.625. The molecule has 0 radical (unpaired) electrons. The number of methoxy groups -OCH3 is 1. The van der Waals surface area contributed by atoms with Crippen molar-refractivity contribution in [1.29, 1.82) is 0 Å². The van der Waals surface area contributed by atoms with Gasteiger partial charge < -0.3 is 10.1 Å². The maximum atomic E-state index is 5.27. The van der Waals surface area contributed by atoms with E-state index in [9.17, 15) is 0 Å². The van der Waals surface area contributed by atoms with Crippen molar-refractivity contribution in [2.24, 2.45) is 5.92 Å². The molecule has 1 N–H and O–H groups in total. The quantitative estimate of drug-likeness (QED) is 0.847. The van der Waals surface area contributed by atoms with Crippen LogP contribution in [0.1, 0.15) is 37.7 Å². The number of hydrogen-bond acceptors (Lipinski definition) is 2. The van der Waals surface area contributed by atoms with Crippen LogP contribution in [0.3, 0.4) is 0 Å². The second-order valence-corrected chi connectivity index (χ2v) is 6.30. The van der Waals surface area contributed by atoms with Crippen LogP contribution < -0.4 is 10.1 Å². The van der Waals surface area contributed by atoms with Gasteiger partial charge in [0.05, 0.1) is 11.6 Å². The molecule has 106 valence electrons. The lowest BCUT2D eigenvalue weighted by Gasteiger charge is -2.23. The van der Waals surface area contributed by atoms with Crippen molar-refractivity contribution in [2.45, 2.75) is 44.6 Å². The Balaban J connectivity index is 1.91. The first-order valence-corrected chi connectivity index (χ1v) is 8.03. The third-order valence-corrected chi connectivity index (χ3v) is 4.92. The van der Waals surface area contributed by atoms with Gasteiger partial charge in [-0.15, -0.1) is 0 Å². The van der Waals surface area contributed by atoms with Gasteiger partial charge in [0.25, 0.3) is 0 Å². The molecule has 1 aliphatic rings. The number of nitrogens with one attached hydrogen (secondary N) is 1. The highest BCUT2D eigenvalue weighted by Gasteiger charge is 2.23. The van der Waals surface area contributed by atoms with Crippen LogP contribution in [0, 0.1) is 5.92 Å². The predicted octanol–water partition coefficient (Wildman–Crippen LogP) is 4.17. The van der Waals surface area contributed by atoms with Crippen molar-refractivity contribution < 1.29 is 4.74 Å². The Morgan fingerprint density at radius 2 is 2.11 bits per heavy atom. The highest BCUT2D eigenvalue weighted by Crippen LogP contribution is 2.30. The van der Waals surface area contributed by atoms with Crippen molar-refractivity contribution in [3.05, 3.63) is 28.2 Å². The first kappa shape index (κ1) is 14.9. The van der Waals surface area contributed by atoms with E-state index >= 15 is 0 Å². The SMILES string of the molecule is CNC(CCc1ccc(OC)c(Br)c1)C1CCCC1. The maximum Gasteiger partial charge on any atom is 0.133 e. The first-order chi connectivity index (χ1) is 9.24. The summed E-state index contributed by atoms with van der Waals surface area (Å²) in [5.41, 5.74) is 1.38. The average Bonchev–Trinajstić information content (AvgIpc) is 2.94. The second kappa shape index (κ2) is 7.30. The lowest BCUT2D eigenvalue weighted by atomic mass is 9.92. The van der Waals surface area contributed by atoms with Gasteiger partial charge in [0.15, 0.2) is 0 Å². The van der Waals surface area contributed by atoms with Gasteiger partial charge in [-0.1, -0.05) is 18.9 Å². The summed E-state index contributed by atoms with van der Waals surface area (Å²) >= 11 is 3.56. The molecule has 1 saturated carbocycles. The zero-order chi connectivity index (χ0) is 13.7. The molecule has 0 amide bonds. The first-order valence-electron chi connectivity index (χ1n) is 7.24.